The summed E-state index contributed by atoms with van der Waals surface area (Å²) in [5, 5.41) is 11.6. The van der Waals surface area contributed by atoms with Crippen LogP contribution < -0.4 is 5.32 Å². The first-order valence-electron chi connectivity index (χ1n) is 10.2. The van der Waals surface area contributed by atoms with Gasteiger partial charge in [0.15, 0.2) is 0 Å². The summed E-state index contributed by atoms with van der Waals surface area (Å²) in [6.07, 6.45) is -2.50. The smallest absolute Gasteiger partial charge is 0.396 e. The number of hydrogen-bond acceptors (Lipinski definition) is 3. The molecule has 0 bridgehead atoms. The zero-order chi connectivity index (χ0) is 21.6. The van der Waals surface area contributed by atoms with Gasteiger partial charge >= 0.3 is 6.18 Å². The van der Waals surface area contributed by atoms with E-state index in [1.54, 1.807) is 6.07 Å². The predicted octanol–water partition coefficient (Wildman–Crippen LogP) is 3.42. The van der Waals surface area contributed by atoms with E-state index < -0.39 is 11.7 Å². The van der Waals surface area contributed by atoms with E-state index >= 15 is 0 Å². The highest BCUT2D eigenvalue weighted by Crippen LogP contribution is 2.29. The molecular formula is C23H27F3N2O2. The van der Waals surface area contributed by atoms with Crippen LogP contribution in [0.15, 0.2) is 48.5 Å². The summed E-state index contributed by atoms with van der Waals surface area (Å²) in [5.41, 5.74) is 2.31. The molecule has 162 valence electrons. The van der Waals surface area contributed by atoms with Crippen molar-refractivity contribution in [2.45, 2.75) is 32.0 Å². The standard InChI is InChI=1S/C23H27F3N2O2/c24-23(25,26)21-4-1-3-18(13-21)8-5-17-6-9-19(10-7-17)14-28-15-20(16-28)22(30)27-11-2-12-29/h1,3-4,6-7,9-10,13,20,29H,2,5,8,11-12,14-16H2,(H,27,30). The minimum atomic E-state index is -4.31. The monoisotopic (exact) mass is 420 g/mol. The Bertz CT molecular complexity index is 831. The van der Waals surface area contributed by atoms with Crippen LogP contribution in [0.1, 0.15) is 28.7 Å². The number of carbonyl (C=O) groups is 1. The third-order valence-electron chi connectivity index (χ3n) is 5.35. The molecular weight excluding hydrogens is 393 g/mol. The van der Waals surface area contributed by atoms with Crippen molar-refractivity contribution in [2.24, 2.45) is 5.92 Å². The Hall–Kier alpha value is -2.38. The molecule has 1 heterocycles. The summed E-state index contributed by atoms with van der Waals surface area (Å²) >= 11 is 0. The molecule has 1 amide bonds. The molecule has 2 N–H and O–H groups in total. The molecule has 0 aromatic heterocycles. The number of hydrogen-bond donors (Lipinski definition) is 2. The number of nitrogens with zero attached hydrogens (tertiary/aromatic N) is 1. The second-order valence-corrected chi connectivity index (χ2v) is 7.77. The van der Waals surface area contributed by atoms with Crippen LogP contribution in [-0.2, 0) is 30.4 Å². The highest BCUT2D eigenvalue weighted by Gasteiger charge is 2.32. The number of amides is 1. The number of carbonyl (C=O) groups excluding carboxylic acids is 1. The Morgan fingerprint density at radius 3 is 2.37 bits per heavy atom. The maximum Gasteiger partial charge on any atom is 0.416 e. The molecule has 1 aliphatic rings. The predicted molar refractivity (Wildman–Crippen MR) is 109 cm³/mol. The number of aliphatic hydroxyl groups is 1. The van der Waals surface area contributed by atoms with Gasteiger partial charge < -0.3 is 10.4 Å². The molecule has 0 spiro atoms. The minimum absolute atomic E-state index is 0.00966. The second-order valence-electron chi connectivity index (χ2n) is 7.77. The van der Waals surface area contributed by atoms with Gasteiger partial charge in [0.1, 0.15) is 0 Å². The van der Waals surface area contributed by atoms with E-state index in [0.717, 1.165) is 36.8 Å². The molecule has 1 saturated heterocycles. The summed E-state index contributed by atoms with van der Waals surface area (Å²) in [6.45, 7) is 2.81. The quantitative estimate of drug-likeness (QED) is 0.612. The molecule has 2 aromatic rings. The number of nitrogens with one attached hydrogen (secondary N) is 1. The summed E-state index contributed by atoms with van der Waals surface area (Å²) in [6, 6.07) is 13.6. The Labute approximate surface area is 174 Å². The van der Waals surface area contributed by atoms with Gasteiger partial charge in [-0.25, -0.2) is 0 Å². The SMILES string of the molecule is O=C(NCCCO)C1CN(Cc2ccc(CCc3cccc(C(F)(F)F)c3)cc2)C1. The Balaban J connectivity index is 1.42. The lowest BCUT2D eigenvalue weighted by atomic mass is 9.97. The molecule has 1 aliphatic heterocycles. The highest BCUT2D eigenvalue weighted by molar-refractivity contribution is 5.79. The van der Waals surface area contributed by atoms with E-state index in [-0.39, 0.29) is 18.4 Å². The van der Waals surface area contributed by atoms with Gasteiger partial charge in [-0.3, -0.25) is 9.69 Å². The number of rotatable bonds is 9. The van der Waals surface area contributed by atoms with Crippen molar-refractivity contribution in [2.75, 3.05) is 26.2 Å². The van der Waals surface area contributed by atoms with E-state index in [4.69, 9.17) is 5.11 Å². The van der Waals surface area contributed by atoms with Gasteiger partial charge in [-0.05, 0) is 42.0 Å². The third-order valence-corrected chi connectivity index (χ3v) is 5.35. The first-order valence-corrected chi connectivity index (χ1v) is 10.2. The first kappa shape index (κ1) is 22.3. The van der Waals surface area contributed by atoms with Gasteiger partial charge in [0.25, 0.3) is 0 Å². The Morgan fingerprint density at radius 2 is 1.70 bits per heavy atom. The molecule has 0 saturated carbocycles. The number of aryl methyl sites for hydroxylation is 2. The van der Waals surface area contributed by atoms with Crippen LogP contribution in [0, 0.1) is 5.92 Å². The molecule has 0 aliphatic carbocycles. The van der Waals surface area contributed by atoms with Gasteiger partial charge in [-0.15, -0.1) is 0 Å². The lowest BCUT2D eigenvalue weighted by Gasteiger charge is -2.38. The van der Waals surface area contributed by atoms with Gasteiger partial charge in [0.05, 0.1) is 11.5 Å². The fourth-order valence-electron chi connectivity index (χ4n) is 3.56. The van der Waals surface area contributed by atoms with Crippen molar-refractivity contribution in [3.63, 3.8) is 0 Å². The van der Waals surface area contributed by atoms with Gasteiger partial charge in [-0.1, -0.05) is 42.5 Å². The van der Waals surface area contributed by atoms with Crippen LogP contribution in [0.2, 0.25) is 0 Å². The van der Waals surface area contributed by atoms with Crippen molar-refractivity contribution >= 4 is 5.91 Å². The fourth-order valence-corrected chi connectivity index (χ4v) is 3.56. The molecule has 2 aromatic carbocycles. The van der Waals surface area contributed by atoms with Gasteiger partial charge in [-0.2, -0.15) is 13.2 Å². The summed E-state index contributed by atoms with van der Waals surface area (Å²) in [5.74, 6) is 0.0556. The normalized spacial score (nSPS) is 15.1. The van der Waals surface area contributed by atoms with Crippen molar-refractivity contribution in [3.05, 3.63) is 70.8 Å². The van der Waals surface area contributed by atoms with E-state index in [9.17, 15) is 18.0 Å². The minimum Gasteiger partial charge on any atom is -0.396 e. The van der Waals surface area contributed by atoms with E-state index in [0.29, 0.717) is 31.4 Å². The lowest BCUT2D eigenvalue weighted by molar-refractivity contribution is -0.137. The third kappa shape index (κ3) is 6.31. The summed E-state index contributed by atoms with van der Waals surface area (Å²) in [4.78, 5) is 14.1. The van der Waals surface area contributed by atoms with Crippen LogP contribution in [0.25, 0.3) is 0 Å². The van der Waals surface area contributed by atoms with Crippen molar-refractivity contribution in [1.82, 2.24) is 10.2 Å². The first-order chi connectivity index (χ1) is 14.3. The molecule has 0 unspecified atom stereocenters. The van der Waals surface area contributed by atoms with Crippen molar-refractivity contribution < 1.29 is 23.1 Å². The molecule has 7 heteroatoms. The fraction of sp³-hybridized carbons (Fsp3) is 0.435. The molecule has 4 nitrogen and oxygen atoms in total. The van der Waals surface area contributed by atoms with Crippen LogP contribution >= 0.6 is 0 Å². The summed E-state index contributed by atoms with van der Waals surface area (Å²) < 4.78 is 38.4. The average Bonchev–Trinajstić information content (AvgIpc) is 2.69. The number of benzene rings is 2. The Kier molecular flexibility index (Phi) is 7.50. The zero-order valence-electron chi connectivity index (χ0n) is 16.8. The number of halogens is 3. The highest BCUT2D eigenvalue weighted by atomic mass is 19.4. The number of likely N-dealkylation sites (tertiary alicyclic amines) is 1. The van der Waals surface area contributed by atoms with Crippen molar-refractivity contribution in [1.29, 1.82) is 0 Å². The molecule has 3 rings (SSSR count). The van der Waals surface area contributed by atoms with Crippen LogP contribution in [0.3, 0.4) is 0 Å². The average molecular weight is 420 g/mol. The van der Waals surface area contributed by atoms with Crippen LogP contribution in [-0.4, -0.2) is 42.2 Å². The van der Waals surface area contributed by atoms with E-state index in [1.165, 1.54) is 12.1 Å². The molecule has 1 fully saturated rings. The maximum atomic E-state index is 12.8. The number of alkyl halides is 3. The van der Waals surface area contributed by atoms with Crippen LogP contribution in [0.4, 0.5) is 13.2 Å². The maximum absolute atomic E-state index is 12.8. The largest absolute Gasteiger partial charge is 0.416 e. The topological polar surface area (TPSA) is 52.6 Å². The van der Waals surface area contributed by atoms with Gasteiger partial charge in [0.2, 0.25) is 5.91 Å². The second kappa shape index (κ2) is 10.1. The molecule has 0 atom stereocenters. The van der Waals surface area contributed by atoms with Gasteiger partial charge in [0, 0.05) is 32.8 Å². The van der Waals surface area contributed by atoms with E-state index in [2.05, 4.69) is 10.2 Å². The number of aliphatic hydroxyl groups excluding tert-OH is 1. The van der Waals surface area contributed by atoms with E-state index in [1.807, 2.05) is 24.3 Å². The molecule has 30 heavy (non-hydrogen) atoms. The molecule has 0 radical (unpaired) electrons. The lowest BCUT2D eigenvalue weighted by Crippen LogP contribution is -2.53. The zero-order valence-corrected chi connectivity index (χ0v) is 16.8. The van der Waals surface area contributed by atoms with Crippen molar-refractivity contribution in [3.8, 4) is 0 Å². The Morgan fingerprint density at radius 1 is 1.03 bits per heavy atom. The summed E-state index contributed by atoms with van der Waals surface area (Å²) in [7, 11) is 0. The van der Waals surface area contributed by atoms with Crippen LogP contribution in [0.5, 0.6) is 0 Å².